The van der Waals surface area contributed by atoms with Crippen LogP contribution < -0.4 is 0 Å². The van der Waals surface area contributed by atoms with Gasteiger partial charge in [-0.3, -0.25) is 18.6 Å². The van der Waals surface area contributed by atoms with Crippen LogP contribution in [0.15, 0.2) is 48.6 Å². The fourth-order valence-corrected chi connectivity index (χ4v) is 6.11. The van der Waals surface area contributed by atoms with Gasteiger partial charge in [-0.1, -0.05) is 120 Å². The highest BCUT2D eigenvalue weighted by Crippen LogP contribution is 2.43. The zero-order chi connectivity index (χ0) is 40.8. The second-order valence-electron chi connectivity index (χ2n) is 13.9. The summed E-state index contributed by atoms with van der Waals surface area (Å²) in [4.78, 5) is 34.9. The van der Waals surface area contributed by atoms with Gasteiger partial charge in [-0.25, -0.2) is 4.57 Å². The van der Waals surface area contributed by atoms with E-state index in [2.05, 4.69) is 60.9 Å². The number of phosphoric acid groups is 1. The molecule has 0 radical (unpaired) electrons. The van der Waals surface area contributed by atoms with Crippen LogP contribution >= 0.6 is 7.82 Å². The van der Waals surface area contributed by atoms with E-state index < -0.39 is 64.0 Å². The Morgan fingerprint density at radius 1 is 0.618 bits per heavy atom. The number of rotatable bonds is 38. The Bertz CT molecular complexity index is 1090. The van der Waals surface area contributed by atoms with E-state index in [1.807, 2.05) is 6.08 Å². The molecular weight excluding hydrogens is 727 g/mol. The summed E-state index contributed by atoms with van der Waals surface area (Å²) >= 11 is 0. The smallest absolute Gasteiger partial charge is 0.462 e. The number of hydrogen-bond donors (Lipinski definition) is 5. The van der Waals surface area contributed by atoms with Crippen molar-refractivity contribution in [2.45, 2.75) is 180 Å². The van der Waals surface area contributed by atoms with Crippen LogP contribution in [-0.4, -0.2) is 88.1 Å². The molecule has 0 saturated carbocycles. The van der Waals surface area contributed by atoms with Crippen LogP contribution in [0.2, 0.25) is 0 Å². The van der Waals surface area contributed by atoms with Gasteiger partial charge in [0, 0.05) is 12.8 Å². The minimum atomic E-state index is -4.66. The van der Waals surface area contributed by atoms with Crippen LogP contribution in [0.1, 0.15) is 155 Å². The van der Waals surface area contributed by atoms with Crippen LogP contribution in [0, 0.1) is 0 Å². The Morgan fingerprint density at radius 2 is 1.16 bits per heavy atom. The highest BCUT2D eigenvalue weighted by atomic mass is 31.2. The average Bonchev–Trinajstić information content (AvgIpc) is 3.17. The molecule has 0 aromatic rings. The van der Waals surface area contributed by atoms with E-state index in [1.165, 1.54) is 12.8 Å². The topological polar surface area (TPSA) is 189 Å². The molecule has 5 atom stereocenters. The van der Waals surface area contributed by atoms with Gasteiger partial charge < -0.3 is 34.8 Å². The number of carbonyl (C=O) groups is 2. The summed E-state index contributed by atoms with van der Waals surface area (Å²) in [6, 6.07) is 0. The van der Waals surface area contributed by atoms with E-state index in [1.54, 1.807) is 0 Å². The normalized spacial score (nSPS) is 15.5. The molecule has 0 saturated heterocycles. The van der Waals surface area contributed by atoms with Crippen molar-refractivity contribution in [3.63, 3.8) is 0 Å². The number of ether oxygens (including phenoxy) is 2. The van der Waals surface area contributed by atoms with Crippen molar-refractivity contribution in [1.82, 2.24) is 0 Å². The minimum absolute atomic E-state index is 0.0795. The molecule has 0 fully saturated rings. The molecule has 0 aliphatic rings. The first kappa shape index (κ1) is 52.9. The van der Waals surface area contributed by atoms with Crippen molar-refractivity contribution in [2.75, 3.05) is 26.4 Å². The first-order valence-electron chi connectivity index (χ1n) is 20.8. The fraction of sp³-hybridized carbons (Fsp3) is 0.762. The first-order chi connectivity index (χ1) is 26.5. The van der Waals surface area contributed by atoms with Crippen molar-refractivity contribution in [3.8, 4) is 0 Å². The van der Waals surface area contributed by atoms with Gasteiger partial charge in [0.15, 0.2) is 6.10 Å². The SMILES string of the molecule is CC/C=C\C/C=C\C/C=C\CCCCCCCC(=O)OC[C@H](COP(=O)(O)OC[C@@H](O)CO)OC(=O)CCCCCCC[C@H](O)[C@@H](O)C/C=C\CCCCC. The largest absolute Gasteiger partial charge is 0.472 e. The Labute approximate surface area is 331 Å². The number of aliphatic hydroxyl groups excluding tert-OH is 4. The molecule has 0 aliphatic carbocycles. The lowest BCUT2D eigenvalue weighted by Gasteiger charge is -2.20. The number of allylic oxidation sites excluding steroid dienone is 7. The zero-order valence-corrected chi connectivity index (χ0v) is 34.7. The van der Waals surface area contributed by atoms with Crippen molar-refractivity contribution in [2.24, 2.45) is 0 Å². The van der Waals surface area contributed by atoms with Gasteiger partial charge >= 0.3 is 19.8 Å². The number of esters is 2. The lowest BCUT2D eigenvalue weighted by atomic mass is 10.0. The van der Waals surface area contributed by atoms with Gasteiger partial charge in [0.2, 0.25) is 0 Å². The lowest BCUT2D eigenvalue weighted by Crippen LogP contribution is -2.29. The van der Waals surface area contributed by atoms with Crippen LogP contribution in [0.5, 0.6) is 0 Å². The molecule has 0 spiro atoms. The van der Waals surface area contributed by atoms with Crippen LogP contribution in [0.3, 0.4) is 0 Å². The van der Waals surface area contributed by atoms with E-state index in [9.17, 15) is 34.4 Å². The molecule has 0 rings (SSSR count). The second kappa shape index (κ2) is 37.4. The number of carbonyl (C=O) groups excluding carboxylic acids is 2. The molecule has 320 valence electrons. The van der Waals surface area contributed by atoms with Crippen LogP contribution in [0.4, 0.5) is 0 Å². The maximum Gasteiger partial charge on any atom is 0.472 e. The highest BCUT2D eigenvalue weighted by Gasteiger charge is 2.27. The fourth-order valence-electron chi connectivity index (χ4n) is 5.32. The molecule has 0 aromatic carbocycles. The Kier molecular flexibility index (Phi) is 36.0. The molecule has 0 aliphatic heterocycles. The van der Waals surface area contributed by atoms with E-state index in [-0.39, 0.29) is 19.4 Å². The van der Waals surface area contributed by atoms with E-state index >= 15 is 0 Å². The van der Waals surface area contributed by atoms with Gasteiger partial charge in [-0.15, -0.1) is 0 Å². The van der Waals surface area contributed by atoms with Gasteiger partial charge in [-0.2, -0.15) is 0 Å². The number of aliphatic hydroxyl groups is 4. The average molecular weight is 803 g/mol. The minimum Gasteiger partial charge on any atom is -0.462 e. The van der Waals surface area contributed by atoms with Gasteiger partial charge in [0.05, 0.1) is 32.0 Å². The summed E-state index contributed by atoms with van der Waals surface area (Å²) in [7, 11) is -4.66. The van der Waals surface area contributed by atoms with E-state index in [0.717, 1.165) is 89.9 Å². The third-order valence-corrected chi connectivity index (χ3v) is 9.62. The molecule has 12 nitrogen and oxygen atoms in total. The van der Waals surface area contributed by atoms with Gasteiger partial charge in [-0.05, 0) is 70.6 Å². The van der Waals surface area contributed by atoms with Crippen molar-refractivity contribution in [3.05, 3.63) is 48.6 Å². The summed E-state index contributed by atoms with van der Waals surface area (Å²) in [5.74, 6) is -1.06. The quantitative estimate of drug-likeness (QED) is 0.0174. The molecular formula is C42H75O12P. The third-order valence-electron chi connectivity index (χ3n) is 8.67. The van der Waals surface area contributed by atoms with Crippen LogP contribution in [0.25, 0.3) is 0 Å². The third kappa shape index (κ3) is 36.0. The Balaban J connectivity index is 4.48. The maximum atomic E-state index is 12.6. The lowest BCUT2D eigenvalue weighted by molar-refractivity contribution is -0.161. The molecule has 5 N–H and O–H groups in total. The number of phosphoric ester groups is 1. The Hall–Kier alpha value is -2.15. The molecule has 55 heavy (non-hydrogen) atoms. The number of unbranched alkanes of at least 4 members (excludes halogenated alkanes) is 12. The number of hydrogen-bond acceptors (Lipinski definition) is 11. The second-order valence-corrected chi connectivity index (χ2v) is 15.4. The maximum absolute atomic E-state index is 12.6. The summed E-state index contributed by atoms with van der Waals surface area (Å²) in [5, 5.41) is 38.7. The molecule has 1 unspecified atom stereocenters. The monoisotopic (exact) mass is 802 g/mol. The first-order valence-corrected chi connectivity index (χ1v) is 22.3. The molecule has 0 amide bonds. The van der Waals surface area contributed by atoms with Crippen molar-refractivity contribution in [1.29, 1.82) is 0 Å². The molecule has 0 aromatic heterocycles. The summed E-state index contributed by atoms with van der Waals surface area (Å²) in [6.07, 6.45) is 31.0. The molecule has 0 heterocycles. The van der Waals surface area contributed by atoms with Crippen LogP contribution in [-0.2, 0) is 32.7 Å². The van der Waals surface area contributed by atoms with Gasteiger partial charge in [0.1, 0.15) is 12.7 Å². The summed E-state index contributed by atoms with van der Waals surface area (Å²) < 4.78 is 32.6. The van der Waals surface area contributed by atoms with Crippen molar-refractivity contribution < 1.29 is 58.0 Å². The predicted molar refractivity (Wildman–Crippen MR) is 217 cm³/mol. The predicted octanol–water partition coefficient (Wildman–Crippen LogP) is 8.50. The molecule has 0 bridgehead atoms. The van der Waals surface area contributed by atoms with Gasteiger partial charge in [0.25, 0.3) is 0 Å². The summed E-state index contributed by atoms with van der Waals surface area (Å²) in [5.41, 5.74) is 0. The Morgan fingerprint density at radius 3 is 1.82 bits per heavy atom. The molecule has 13 heteroatoms. The van der Waals surface area contributed by atoms with Crippen molar-refractivity contribution >= 4 is 19.8 Å². The highest BCUT2D eigenvalue weighted by molar-refractivity contribution is 7.47. The summed E-state index contributed by atoms with van der Waals surface area (Å²) in [6.45, 7) is 1.99. The van der Waals surface area contributed by atoms with E-state index in [0.29, 0.717) is 25.7 Å². The zero-order valence-electron chi connectivity index (χ0n) is 33.9. The van der Waals surface area contributed by atoms with E-state index in [4.69, 9.17) is 19.1 Å². The standard InChI is InChI=1S/C42H75O12P/c1-3-5-7-9-11-12-13-14-15-16-17-18-19-23-27-31-41(47)51-35-38(36-53-55(49,50)52-34-37(44)33-43)54-42(48)32-28-24-20-22-26-30-40(46)39(45)29-25-21-10-8-6-4-2/h5,7,11-12,14-15,21,25,37-40,43-46H,3-4,6,8-10,13,16-20,22-24,26-36H2,1-2H3,(H,49,50)/b7-5-,12-11-,15-14-,25-21-/t37-,38+,39-,40-/m0/s1.